The van der Waals surface area contributed by atoms with Gasteiger partial charge in [0.25, 0.3) is 0 Å². The van der Waals surface area contributed by atoms with Crippen molar-refractivity contribution in [3.63, 3.8) is 0 Å². The van der Waals surface area contributed by atoms with Crippen LogP contribution in [-0.2, 0) is 16.2 Å². The zero-order valence-electron chi connectivity index (χ0n) is 20.4. The van der Waals surface area contributed by atoms with E-state index in [-0.39, 0.29) is 6.61 Å². The largest absolute Gasteiger partial charge is 0.494 e. The maximum Gasteiger partial charge on any atom is 0.329 e. The Bertz CT molecular complexity index is 1250. The second-order valence-electron chi connectivity index (χ2n) is 7.80. The van der Waals surface area contributed by atoms with E-state index in [1.807, 2.05) is 0 Å². The quantitative estimate of drug-likeness (QED) is 0.137. The highest BCUT2D eigenvalue weighted by Gasteiger charge is 2.14. The van der Waals surface area contributed by atoms with Gasteiger partial charge in [-0.3, -0.25) is 9.59 Å². The predicted octanol–water partition coefficient (Wildman–Crippen LogP) is 5.85. The highest BCUT2D eigenvalue weighted by atomic mass is 35.5. The normalized spacial score (nSPS) is 10.7. The number of unbranched alkanes of at least 4 members (excludes halogenated alkanes) is 1. The van der Waals surface area contributed by atoms with Crippen LogP contribution in [0.1, 0.15) is 30.9 Å². The summed E-state index contributed by atoms with van der Waals surface area (Å²) in [7, 11) is 1.51. The predicted molar refractivity (Wildman–Crippen MR) is 145 cm³/mol. The number of para-hydroxylation sites is 1. The first-order chi connectivity index (χ1) is 17.9. The molecule has 0 aliphatic carbocycles. The van der Waals surface area contributed by atoms with E-state index >= 15 is 0 Å². The van der Waals surface area contributed by atoms with E-state index in [0.717, 1.165) is 18.4 Å². The first-order valence-corrected chi connectivity index (χ1v) is 12.3. The van der Waals surface area contributed by atoms with Gasteiger partial charge in [-0.1, -0.05) is 48.7 Å². The molecular weight excluding hydrogens is 517 g/mol. The number of carbonyl (C=O) groups is 2. The lowest BCUT2D eigenvalue weighted by Crippen LogP contribution is -2.32. The Kier molecular flexibility index (Phi) is 10.6. The van der Waals surface area contributed by atoms with Crippen molar-refractivity contribution in [2.75, 3.05) is 19.0 Å². The lowest BCUT2D eigenvalue weighted by Gasteiger charge is -2.13. The van der Waals surface area contributed by atoms with Gasteiger partial charge in [-0.15, -0.1) is 0 Å². The molecule has 37 heavy (non-hydrogen) atoms. The van der Waals surface area contributed by atoms with Gasteiger partial charge in [-0.2, -0.15) is 5.10 Å². The minimum absolute atomic E-state index is 0.190. The molecular formula is C27H27Cl2N3O5. The Hall–Kier alpha value is -3.75. The second-order valence-corrected chi connectivity index (χ2v) is 8.61. The van der Waals surface area contributed by atoms with Crippen molar-refractivity contribution in [3.05, 3.63) is 81.8 Å². The molecule has 0 heterocycles. The van der Waals surface area contributed by atoms with Crippen molar-refractivity contribution in [1.29, 1.82) is 0 Å². The van der Waals surface area contributed by atoms with Crippen molar-refractivity contribution in [3.8, 4) is 17.2 Å². The Morgan fingerprint density at radius 1 is 0.973 bits per heavy atom. The Labute approximate surface area is 225 Å². The van der Waals surface area contributed by atoms with Gasteiger partial charge in [0, 0.05) is 11.3 Å². The maximum atomic E-state index is 12.2. The molecule has 0 fully saturated rings. The number of hydrazone groups is 1. The van der Waals surface area contributed by atoms with E-state index in [9.17, 15) is 9.59 Å². The molecule has 0 spiro atoms. The molecule has 0 bridgehead atoms. The smallest absolute Gasteiger partial charge is 0.329 e. The summed E-state index contributed by atoms with van der Waals surface area (Å²) in [6.45, 7) is 2.90. The van der Waals surface area contributed by atoms with Crippen molar-refractivity contribution in [2.24, 2.45) is 5.10 Å². The van der Waals surface area contributed by atoms with Crippen molar-refractivity contribution in [2.45, 2.75) is 26.4 Å². The zero-order chi connectivity index (χ0) is 26.6. The van der Waals surface area contributed by atoms with Gasteiger partial charge in [-0.05, 0) is 60.5 Å². The molecule has 3 rings (SSSR count). The SMILES string of the molecule is CCCCOc1ccc(NC(=O)C(=O)N/N=C\c2cccc(OC)c2OCc2ccc(Cl)c(Cl)c2)cc1. The van der Waals surface area contributed by atoms with E-state index in [1.54, 1.807) is 60.7 Å². The number of hydrogen-bond donors (Lipinski definition) is 2. The molecule has 0 aromatic heterocycles. The van der Waals surface area contributed by atoms with Gasteiger partial charge in [0.05, 0.1) is 30.0 Å². The molecule has 0 saturated carbocycles. The number of carbonyl (C=O) groups excluding carboxylic acids is 2. The third-order valence-electron chi connectivity index (χ3n) is 5.05. The second kappa shape index (κ2) is 14.1. The van der Waals surface area contributed by atoms with E-state index in [0.29, 0.717) is 45.2 Å². The highest BCUT2D eigenvalue weighted by molar-refractivity contribution is 6.42. The molecule has 2 N–H and O–H groups in total. The third-order valence-corrected chi connectivity index (χ3v) is 5.79. The summed E-state index contributed by atoms with van der Waals surface area (Å²) >= 11 is 12.0. The van der Waals surface area contributed by atoms with Gasteiger partial charge >= 0.3 is 11.8 Å². The van der Waals surface area contributed by atoms with Gasteiger partial charge in [-0.25, -0.2) is 5.43 Å². The fourth-order valence-corrected chi connectivity index (χ4v) is 3.42. The molecule has 0 radical (unpaired) electrons. The monoisotopic (exact) mass is 543 g/mol. The summed E-state index contributed by atoms with van der Waals surface area (Å²) in [5.41, 5.74) is 4.00. The average Bonchev–Trinajstić information content (AvgIpc) is 2.90. The van der Waals surface area contributed by atoms with E-state index in [1.165, 1.54) is 13.3 Å². The molecule has 0 aliphatic rings. The summed E-state index contributed by atoms with van der Waals surface area (Å²) in [4.78, 5) is 24.5. The number of hydrogen-bond acceptors (Lipinski definition) is 6. The van der Waals surface area contributed by atoms with Crippen LogP contribution in [0.3, 0.4) is 0 Å². The number of anilines is 1. The third kappa shape index (κ3) is 8.41. The summed E-state index contributed by atoms with van der Waals surface area (Å²) in [5.74, 6) is -0.231. The fourth-order valence-electron chi connectivity index (χ4n) is 3.10. The van der Waals surface area contributed by atoms with Crippen molar-refractivity contribution < 1.29 is 23.8 Å². The number of halogens is 2. The molecule has 194 valence electrons. The first-order valence-electron chi connectivity index (χ1n) is 11.5. The summed E-state index contributed by atoms with van der Waals surface area (Å²) in [6, 6.07) is 17.2. The lowest BCUT2D eigenvalue weighted by molar-refractivity contribution is -0.136. The number of nitrogens with one attached hydrogen (secondary N) is 2. The van der Waals surface area contributed by atoms with Crippen LogP contribution in [0.25, 0.3) is 0 Å². The first kappa shape index (κ1) is 27.8. The fraction of sp³-hybridized carbons (Fsp3) is 0.222. The zero-order valence-corrected chi connectivity index (χ0v) is 21.9. The molecule has 3 aromatic rings. The Morgan fingerprint density at radius 3 is 2.46 bits per heavy atom. The summed E-state index contributed by atoms with van der Waals surface area (Å²) in [5, 5.41) is 7.28. The van der Waals surface area contributed by atoms with Crippen LogP contribution < -0.4 is 25.0 Å². The maximum absolute atomic E-state index is 12.2. The average molecular weight is 544 g/mol. The van der Waals surface area contributed by atoms with Gasteiger partial charge in [0.2, 0.25) is 0 Å². The van der Waals surface area contributed by atoms with Crippen LogP contribution >= 0.6 is 23.2 Å². The van der Waals surface area contributed by atoms with Gasteiger partial charge in [0.1, 0.15) is 12.4 Å². The van der Waals surface area contributed by atoms with Crippen LogP contribution in [-0.4, -0.2) is 31.7 Å². The summed E-state index contributed by atoms with van der Waals surface area (Å²) in [6.07, 6.45) is 3.36. The molecule has 2 amide bonds. The van der Waals surface area contributed by atoms with E-state index in [4.69, 9.17) is 37.4 Å². The van der Waals surface area contributed by atoms with Crippen LogP contribution in [0, 0.1) is 0 Å². The number of amides is 2. The van der Waals surface area contributed by atoms with Crippen LogP contribution in [0.4, 0.5) is 5.69 Å². The molecule has 10 heteroatoms. The number of nitrogens with zero attached hydrogens (tertiary/aromatic N) is 1. The highest BCUT2D eigenvalue weighted by Crippen LogP contribution is 2.31. The molecule has 0 unspecified atom stereocenters. The molecule has 3 aromatic carbocycles. The minimum Gasteiger partial charge on any atom is -0.494 e. The standard InChI is InChI=1S/C27H27Cl2N3O5/c1-3-4-14-36-21-11-9-20(10-12-21)31-26(33)27(34)32-30-16-19-6-5-7-24(35-2)25(19)37-17-18-8-13-22(28)23(29)15-18/h5-13,15-16H,3-4,14,17H2,1-2H3,(H,31,33)(H,32,34)/b30-16-. The Balaban J connectivity index is 1.59. The molecule has 8 nitrogen and oxygen atoms in total. The summed E-state index contributed by atoms with van der Waals surface area (Å²) < 4.78 is 16.9. The van der Waals surface area contributed by atoms with Crippen LogP contribution in [0.5, 0.6) is 17.2 Å². The topological polar surface area (TPSA) is 98.2 Å². The van der Waals surface area contributed by atoms with Crippen molar-refractivity contribution in [1.82, 2.24) is 5.43 Å². The van der Waals surface area contributed by atoms with Gasteiger partial charge < -0.3 is 19.5 Å². The van der Waals surface area contributed by atoms with Crippen LogP contribution in [0.2, 0.25) is 10.0 Å². The number of methoxy groups -OCH3 is 1. The molecule has 0 saturated heterocycles. The lowest BCUT2D eigenvalue weighted by atomic mass is 10.2. The molecule has 0 aliphatic heterocycles. The molecule has 0 atom stereocenters. The van der Waals surface area contributed by atoms with Gasteiger partial charge in [0.15, 0.2) is 11.5 Å². The minimum atomic E-state index is -0.930. The van der Waals surface area contributed by atoms with Crippen molar-refractivity contribution >= 4 is 46.9 Å². The number of ether oxygens (including phenoxy) is 3. The number of rotatable bonds is 11. The van der Waals surface area contributed by atoms with E-state index < -0.39 is 11.8 Å². The van der Waals surface area contributed by atoms with Crippen LogP contribution in [0.15, 0.2) is 65.8 Å². The number of benzene rings is 3. The Morgan fingerprint density at radius 2 is 1.76 bits per heavy atom. The van der Waals surface area contributed by atoms with E-state index in [2.05, 4.69) is 22.8 Å².